The Bertz CT molecular complexity index is 888. The minimum Gasteiger partial charge on any atom is -0.295 e. The van der Waals surface area contributed by atoms with Crippen LogP contribution in [-0.4, -0.2) is 15.6 Å². The number of benzene rings is 1. The van der Waals surface area contributed by atoms with Gasteiger partial charge < -0.3 is 0 Å². The largest absolute Gasteiger partial charge is 0.295 e. The molecule has 3 atom stereocenters. The van der Waals surface area contributed by atoms with E-state index in [-0.39, 0.29) is 23.0 Å². The van der Waals surface area contributed by atoms with Crippen molar-refractivity contribution in [2.24, 2.45) is 18.9 Å². The monoisotopic (exact) mass is 317 g/mol. The Morgan fingerprint density at radius 1 is 1.33 bits per heavy atom. The predicted octanol–water partition coefficient (Wildman–Crippen LogP) is 2.92. The average Bonchev–Trinajstić information content (AvgIpc) is 2.95. The molecule has 4 nitrogen and oxygen atoms in total. The number of nitrogens with zero attached hydrogens (tertiary/aromatic N) is 3. The van der Waals surface area contributed by atoms with Crippen LogP contribution in [0.3, 0.4) is 0 Å². The summed E-state index contributed by atoms with van der Waals surface area (Å²) in [5.41, 5.74) is 3.39. The van der Waals surface area contributed by atoms with Crippen molar-refractivity contribution in [1.82, 2.24) is 9.78 Å². The summed E-state index contributed by atoms with van der Waals surface area (Å²) < 4.78 is 1.85. The van der Waals surface area contributed by atoms with Crippen molar-refractivity contribution in [3.63, 3.8) is 0 Å². The molecule has 0 radical (unpaired) electrons. The third-order valence-electron chi connectivity index (χ3n) is 5.75. The van der Waals surface area contributed by atoms with E-state index in [1.165, 1.54) is 5.56 Å². The molecule has 0 N–H and O–H groups in total. The molecule has 2 aliphatic carbocycles. The number of ketones is 1. The zero-order valence-electron chi connectivity index (χ0n) is 13.9. The van der Waals surface area contributed by atoms with Crippen molar-refractivity contribution in [3.05, 3.63) is 65.0 Å². The van der Waals surface area contributed by atoms with Gasteiger partial charge in [-0.2, -0.15) is 10.4 Å². The van der Waals surface area contributed by atoms with Crippen LogP contribution in [-0.2, 0) is 23.7 Å². The van der Waals surface area contributed by atoms with Crippen molar-refractivity contribution in [2.45, 2.75) is 25.2 Å². The van der Waals surface area contributed by atoms with Gasteiger partial charge in [-0.25, -0.2) is 0 Å². The molecule has 4 heteroatoms. The molecule has 0 aliphatic heterocycles. The van der Waals surface area contributed by atoms with Crippen LogP contribution in [0.25, 0.3) is 0 Å². The number of hydrogen-bond acceptors (Lipinski definition) is 3. The number of rotatable bonds is 1. The maximum atomic E-state index is 12.3. The van der Waals surface area contributed by atoms with Gasteiger partial charge in [0.15, 0.2) is 11.5 Å². The fourth-order valence-corrected chi connectivity index (χ4v) is 4.69. The molecule has 0 saturated heterocycles. The van der Waals surface area contributed by atoms with E-state index in [0.717, 1.165) is 24.1 Å². The lowest BCUT2D eigenvalue weighted by atomic mass is 9.55. The van der Waals surface area contributed by atoms with Crippen molar-refractivity contribution in [2.75, 3.05) is 0 Å². The van der Waals surface area contributed by atoms with Gasteiger partial charge in [-0.05, 0) is 30.4 Å². The van der Waals surface area contributed by atoms with Gasteiger partial charge >= 0.3 is 0 Å². The maximum absolute atomic E-state index is 12.3. The Balaban J connectivity index is 2.08. The van der Waals surface area contributed by atoms with E-state index in [1.807, 2.05) is 36.9 Å². The number of allylic oxidation sites excluding steroid dienone is 2. The van der Waals surface area contributed by atoms with Crippen LogP contribution in [0.4, 0.5) is 0 Å². The summed E-state index contributed by atoms with van der Waals surface area (Å²) in [7, 11) is 1.90. The van der Waals surface area contributed by atoms with Gasteiger partial charge in [-0.1, -0.05) is 43.3 Å². The van der Waals surface area contributed by atoms with Crippen LogP contribution in [0, 0.1) is 23.2 Å². The van der Waals surface area contributed by atoms with E-state index in [0.29, 0.717) is 5.69 Å². The lowest BCUT2D eigenvalue weighted by molar-refractivity contribution is -0.120. The predicted molar refractivity (Wildman–Crippen MR) is 90.3 cm³/mol. The first-order valence-electron chi connectivity index (χ1n) is 8.34. The highest BCUT2D eigenvalue weighted by molar-refractivity contribution is 5.93. The number of nitriles is 1. The summed E-state index contributed by atoms with van der Waals surface area (Å²) in [5.74, 6) is 0.341. The second-order valence-corrected chi connectivity index (χ2v) is 6.82. The van der Waals surface area contributed by atoms with Gasteiger partial charge in [-0.15, -0.1) is 0 Å². The van der Waals surface area contributed by atoms with E-state index in [2.05, 4.69) is 29.4 Å². The van der Waals surface area contributed by atoms with Crippen LogP contribution >= 0.6 is 0 Å². The van der Waals surface area contributed by atoms with Crippen LogP contribution in [0.1, 0.15) is 35.9 Å². The van der Waals surface area contributed by atoms with E-state index in [9.17, 15) is 10.1 Å². The Labute approximate surface area is 141 Å². The van der Waals surface area contributed by atoms with Crippen molar-refractivity contribution < 1.29 is 4.79 Å². The molecular formula is C20H19N3O. The molecule has 1 heterocycles. The molecular weight excluding hydrogens is 298 g/mol. The first-order chi connectivity index (χ1) is 11.6. The minimum atomic E-state index is -0.390. The first kappa shape index (κ1) is 14.9. The molecule has 4 rings (SSSR count). The van der Waals surface area contributed by atoms with E-state index in [1.54, 1.807) is 6.08 Å². The summed E-state index contributed by atoms with van der Waals surface area (Å²) in [5, 5.41) is 13.9. The summed E-state index contributed by atoms with van der Waals surface area (Å²) in [6, 6.07) is 12.5. The van der Waals surface area contributed by atoms with Crippen molar-refractivity contribution >= 4 is 5.78 Å². The summed E-state index contributed by atoms with van der Waals surface area (Å²) in [6.07, 6.45) is 5.47. The normalized spacial score (nSPS) is 28.1. The van der Waals surface area contributed by atoms with Gasteiger partial charge in [0.2, 0.25) is 0 Å². The summed E-state index contributed by atoms with van der Waals surface area (Å²) in [4.78, 5) is 12.3. The molecule has 1 aromatic heterocycles. The minimum absolute atomic E-state index is 0.0382. The number of carbonyl (C=O) groups excluding carboxylic acids is 1. The number of aryl methyl sites for hydroxylation is 1. The summed E-state index contributed by atoms with van der Waals surface area (Å²) >= 11 is 0. The number of aromatic nitrogens is 2. The lowest BCUT2D eigenvalue weighted by Gasteiger charge is -2.47. The van der Waals surface area contributed by atoms with Crippen LogP contribution in [0.2, 0.25) is 0 Å². The zero-order valence-corrected chi connectivity index (χ0v) is 13.9. The van der Waals surface area contributed by atoms with E-state index >= 15 is 0 Å². The molecule has 2 aliphatic rings. The highest BCUT2D eigenvalue weighted by atomic mass is 16.1. The third-order valence-corrected chi connectivity index (χ3v) is 5.75. The molecule has 0 bridgehead atoms. The standard InChI is InChI=1S/C20H19N3O/c1-13-16-9-8-15-17(12-21)22-23(2)19(15)20(16,11-10-18(13)24)14-6-4-3-5-7-14/h3-7,10-11,13,16H,8-9H2,1-2H3. The third kappa shape index (κ3) is 1.78. The molecule has 120 valence electrons. The number of fused-ring (bicyclic) bond motifs is 3. The number of hydrogen-bond donors (Lipinski definition) is 0. The van der Waals surface area contributed by atoms with Gasteiger partial charge in [0, 0.05) is 18.5 Å². The van der Waals surface area contributed by atoms with Gasteiger partial charge in [0.05, 0.1) is 11.1 Å². The molecule has 24 heavy (non-hydrogen) atoms. The Morgan fingerprint density at radius 3 is 2.79 bits per heavy atom. The topological polar surface area (TPSA) is 58.7 Å². The Hall–Kier alpha value is -2.67. The molecule has 0 spiro atoms. The quantitative estimate of drug-likeness (QED) is 0.812. The Morgan fingerprint density at radius 2 is 2.08 bits per heavy atom. The second kappa shape index (κ2) is 5.17. The van der Waals surface area contributed by atoms with Crippen LogP contribution in [0.5, 0.6) is 0 Å². The van der Waals surface area contributed by atoms with E-state index in [4.69, 9.17) is 0 Å². The highest BCUT2D eigenvalue weighted by Crippen LogP contribution is 2.52. The molecule has 0 saturated carbocycles. The van der Waals surface area contributed by atoms with Crippen molar-refractivity contribution in [1.29, 1.82) is 5.26 Å². The lowest BCUT2D eigenvalue weighted by Crippen LogP contribution is -2.47. The van der Waals surface area contributed by atoms with Crippen LogP contribution in [0.15, 0.2) is 42.5 Å². The highest BCUT2D eigenvalue weighted by Gasteiger charge is 2.52. The van der Waals surface area contributed by atoms with Crippen LogP contribution < -0.4 is 0 Å². The smallest absolute Gasteiger partial charge is 0.165 e. The Kier molecular flexibility index (Phi) is 3.21. The number of carbonyl (C=O) groups is 1. The fraction of sp³-hybridized carbons (Fsp3) is 0.350. The maximum Gasteiger partial charge on any atom is 0.165 e. The zero-order chi connectivity index (χ0) is 16.9. The molecule has 1 aromatic carbocycles. The molecule has 2 aromatic rings. The fourth-order valence-electron chi connectivity index (χ4n) is 4.69. The summed E-state index contributed by atoms with van der Waals surface area (Å²) in [6.45, 7) is 2.03. The molecule has 3 unspecified atom stereocenters. The first-order valence-corrected chi connectivity index (χ1v) is 8.34. The van der Waals surface area contributed by atoms with Gasteiger partial charge in [0.1, 0.15) is 6.07 Å². The molecule has 0 amide bonds. The van der Waals surface area contributed by atoms with E-state index < -0.39 is 0 Å². The molecule has 0 fully saturated rings. The second-order valence-electron chi connectivity index (χ2n) is 6.82. The van der Waals surface area contributed by atoms with Crippen molar-refractivity contribution in [3.8, 4) is 6.07 Å². The SMILES string of the molecule is CC1C(=O)C=CC2(c3ccccc3)c3c(c(C#N)nn3C)CCC12. The van der Waals surface area contributed by atoms with Gasteiger partial charge in [0.25, 0.3) is 0 Å². The average molecular weight is 317 g/mol. The van der Waals surface area contributed by atoms with Gasteiger partial charge in [-0.3, -0.25) is 9.48 Å².